The Labute approximate surface area is 114 Å². The third kappa shape index (κ3) is 1.04. The summed E-state index contributed by atoms with van der Waals surface area (Å²) in [6.45, 7) is 6.12. The molecule has 3 atom stereocenters. The third-order valence-corrected chi connectivity index (χ3v) is 6.71. The summed E-state index contributed by atoms with van der Waals surface area (Å²) >= 11 is 0. The number of ketones is 1. The van der Waals surface area contributed by atoms with Crippen LogP contribution < -0.4 is 0 Å². The molecular weight excluding hydrogens is 240 g/mol. The minimum Gasteiger partial charge on any atom is -0.336 e. The number of piperidine rings is 2. The van der Waals surface area contributed by atoms with Crippen LogP contribution in [-0.2, 0) is 9.59 Å². The summed E-state index contributed by atoms with van der Waals surface area (Å²) in [6, 6.07) is 0. The van der Waals surface area contributed by atoms with Gasteiger partial charge in [-0.1, -0.05) is 13.8 Å². The maximum atomic E-state index is 12.8. The van der Waals surface area contributed by atoms with Gasteiger partial charge in [0.05, 0.1) is 5.54 Å². The number of Topliss-reactive ketones (excluding diaryl/α,β-unsaturated/α-hetero) is 1. The van der Waals surface area contributed by atoms with Crippen molar-refractivity contribution in [2.24, 2.45) is 11.3 Å². The van der Waals surface area contributed by atoms with E-state index >= 15 is 0 Å². The average Bonchev–Trinajstić information content (AvgIpc) is 2.84. The van der Waals surface area contributed by atoms with Crippen molar-refractivity contribution >= 4 is 11.7 Å². The number of hydrogen-bond acceptors (Lipinski definition) is 3. The number of carbonyl (C=O) groups is 2. The van der Waals surface area contributed by atoms with E-state index in [0.717, 1.165) is 32.4 Å². The summed E-state index contributed by atoms with van der Waals surface area (Å²) in [6.07, 6.45) is 3.55. The van der Waals surface area contributed by atoms with E-state index < -0.39 is 0 Å². The zero-order valence-corrected chi connectivity index (χ0v) is 12.0. The van der Waals surface area contributed by atoms with Gasteiger partial charge in [-0.25, -0.2) is 0 Å². The molecule has 0 radical (unpaired) electrons. The molecule has 4 nitrogen and oxygen atoms in total. The molecule has 5 fully saturated rings. The van der Waals surface area contributed by atoms with Crippen LogP contribution in [0.15, 0.2) is 0 Å². The molecule has 5 aliphatic rings. The Morgan fingerprint density at radius 2 is 2.00 bits per heavy atom. The fourth-order valence-electron chi connectivity index (χ4n) is 5.47. The number of amides is 1. The van der Waals surface area contributed by atoms with E-state index in [1.807, 2.05) is 11.9 Å². The summed E-state index contributed by atoms with van der Waals surface area (Å²) in [4.78, 5) is 29.6. The molecule has 1 unspecified atom stereocenters. The van der Waals surface area contributed by atoms with Crippen molar-refractivity contribution in [3.8, 4) is 0 Å². The van der Waals surface area contributed by atoms with Crippen molar-refractivity contribution in [2.75, 3.05) is 20.1 Å². The zero-order valence-electron chi connectivity index (χ0n) is 12.0. The predicted octanol–water partition coefficient (Wildman–Crippen LogP) is 1.05. The van der Waals surface area contributed by atoms with Gasteiger partial charge in [0.1, 0.15) is 11.3 Å². The first kappa shape index (κ1) is 11.9. The molecule has 0 aromatic rings. The van der Waals surface area contributed by atoms with E-state index in [2.05, 4.69) is 18.7 Å². The fourth-order valence-corrected chi connectivity index (χ4v) is 5.47. The van der Waals surface area contributed by atoms with E-state index in [1.54, 1.807) is 0 Å². The monoisotopic (exact) mass is 262 g/mol. The second kappa shape index (κ2) is 3.05. The number of rotatable bonds is 0. The molecular formula is C15H22N2O2. The van der Waals surface area contributed by atoms with Gasteiger partial charge >= 0.3 is 0 Å². The van der Waals surface area contributed by atoms with Gasteiger partial charge in [0, 0.05) is 25.4 Å². The molecule has 0 N–H and O–H groups in total. The van der Waals surface area contributed by atoms with Crippen LogP contribution in [0, 0.1) is 11.3 Å². The van der Waals surface area contributed by atoms with Gasteiger partial charge in [0.2, 0.25) is 5.91 Å². The summed E-state index contributed by atoms with van der Waals surface area (Å²) < 4.78 is 0. The van der Waals surface area contributed by atoms with Crippen molar-refractivity contribution in [1.82, 2.24) is 9.80 Å². The van der Waals surface area contributed by atoms with Crippen LogP contribution in [0.4, 0.5) is 0 Å². The minimum absolute atomic E-state index is 0.218. The Balaban J connectivity index is 1.90. The lowest BCUT2D eigenvalue weighted by Gasteiger charge is -2.63. The van der Waals surface area contributed by atoms with Crippen LogP contribution in [0.3, 0.4) is 0 Å². The van der Waals surface area contributed by atoms with Crippen molar-refractivity contribution < 1.29 is 9.59 Å². The molecule has 104 valence electrons. The summed E-state index contributed by atoms with van der Waals surface area (Å²) in [7, 11) is 1.93. The van der Waals surface area contributed by atoms with Crippen LogP contribution in [0.25, 0.3) is 0 Å². The summed E-state index contributed by atoms with van der Waals surface area (Å²) in [5.41, 5.74) is -0.760. The Bertz CT molecular complexity index is 500. The van der Waals surface area contributed by atoms with Gasteiger partial charge in [-0.3, -0.25) is 14.5 Å². The molecule has 0 aromatic carbocycles. The lowest BCUT2D eigenvalue weighted by Crippen LogP contribution is -2.78. The van der Waals surface area contributed by atoms with Gasteiger partial charge in [-0.2, -0.15) is 0 Å². The van der Waals surface area contributed by atoms with Gasteiger partial charge < -0.3 is 4.90 Å². The van der Waals surface area contributed by atoms with Crippen molar-refractivity contribution in [3.63, 3.8) is 0 Å². The highest BCUT2D eigenvalue weighted by Gasteiger charge is 2.73. The normalized spacial score (nSPS) is 47.7. The first-order chi connectivity index (χ1) is 8.84. The molecule has 4 heteroatoms. The molecule has 1 amide bonds. The SMILES string of the molecule is CN1C(=O)[C@@]23CCCN2C[C@@]12CC(=O)C(C)(C)C2C3. The highest BCUT2D eigenvalue weighted by molar-refractivity contribution is 5.95. The van der Waals surface area contributed by atoms with Crippen LogP contribution in [0.5, 0.6) is 0 Å². The molecule has 0 aromatic heterocycles. The molecule has 4 aliphatic heterocycles. The first-order valence-corrected chi connectivity index (χ1v) is 7.41. The Morgan fingerprint density at radius 1 is 1.26 bits per heavy atom. The lowest BCUT2D eigenvalue weighted by atomic mass is 9.61. The van der Waals surface area contributed by atoms with E-state index in [0.29, 0.717) is 18.1 Å². The number of likely N-dealkylation sites (N-methyl/N-ethyl adjacent to an activating group) is 1. The second-order valence-electron chi connectivity index (χ2n) is 7.60. The molecule has 2 bridgehead atoms. The van der Waals surface area contributed by atoms with E-state index in [-0.39, 0.29) is 22.4 Å². The Kier molecular flexibility index (Phi) is 1.91. The summed E-state index contributed by atoms with van der Waals surface area (Å²) in [5, 5.41) is 0. The zero-order chi connectivity index (χ0) is 13.6. The van der Waals surface area contributed by atoms with E-state index in [4.69, 9.17) is 0 Å². The number of fused-ring (bicyclic) bond motifs is 1. The lowest BCUT2D eigenvalue weighted by molar-refractivity contribution is -0.184. The van der Waals surface area contributed by atoms with E-state index in [1.165, 1.54) is 0 Å². The molecule has 5 rings (SSSR count). The molecule has 2 spiro atoms. The molecule has 4 heterocycles. The number of nitrogens with zero attached hydrogens (tertiary/aromatic N) is 2. The van der Waals surface area contributed by atoms with Gasteiger partial charge in [0.15, 0.2) is 0 Å². The fraction of sp³-hybridized carbons (Fsp3) is 0.867. The largest absolute Gasteiger partial charge is 0.336 e. The van der Waals surface area contributed by atoms with Crippen molar-refractivity contribution in [2.45, 2.75) is 50.6 Å². The standard InChI is InChI=1S/C15H22N2O2/c1-13(2)10-7-14-5-4-6-17(14)9-15(10,8-11(13)18)16(3)12(14)19/h10H,4-9H2,1-3H3/t10?,14-,15+/m0/s1. The quantitative estimate of drug-likeness (QED) is 0.655. The van der Waals surface area contributed by atoms with Crippen LogP contribution in [0.1, 0.15) is 39.5 Å². The van der Waals surface area contributed by atoms with Crippen molar-refractivity contribution in [1.29, 1.82) is 0 Å². The highest BCUT2D eigenvalue weighted by atomic mass is 16.2. The number of carbonyl (C=O) groups excluding carboxylic acids is 2. The first-order valence-electron chi connectivity index (χ1n) is 7.41. The molecule has 19 heavy (non-hydrogen) atoms. The van der Waals surface area contributed by atoms with E-state index in [9.17, 15) is 9.59 Å². The second-order valence-corrected chi connectivity index (χ2v) is 7.60. The van der Waals surface area contributed by atoms with Crippen molar-refractivity contribution in [3.05, 3.63) is 0 Å². The van der Waals surface area contributed by atoms with Crippen LogP contribution in [-0.4, -0.2) is 52.7 Å². The van der Waals surface area contributed by atoms with Crippen LogP contribution in [0.2, 0.25) is 0 Å². The smallest absolute Gasteiger partial charge is 0.243 e. The average molecular weight is 262 g/mol. The maximum absolute atomic E-state index is 12.8. The Morgan fingerprint density at radius 3 is 2.74 bits per heavy atom. The molecule has 1 saturated carbocycles. The highest BCUT2D eigenvalue weighted by Crippen LogP contribution is 2.61. The number of hydrogen-bond donors (Lipinski definition) is 0. The topological polar surface area (TPSA) is 40.6 Å². The summed E-state index contributed by atoms with van der Waals surface area (Å²) in [5.74, 6) is 0.956. The minimum atomic E-state index is -0.275. The molecule has 1 aliphatic carbocycles. The number of piperazine rings is 1. The van der Waals surface area contributed by atoms with Crippen LogP contribution >= 0.6 is 0 Å². The molecule has 4 saturated heterocycles. The van der Waals surface area contributed by atoms with Gasteiger partial charge in [0.25, 0.3) is 0 Å². The predicted molar refractivity (Wildman–Crippen MR) is 70.6 cm³/mol. The Hall–Kier alpha value is -0.900. The maximum Gasteiger partial charge on any atom is 0.243 e. The van der Waals surface area contributed by atoms with Gasteiger partial charge in [-0.05, 0) is 31.7 Å². The third-order valence-electron chi connectivity index (χ3n) is 6.71. The van der Waals surface area contributed by atoms with Gasteiger partial charge in [-0.15, -0.1) is 0 Å².